The van der Waals surface area contributed by atoms with E-state index in [1.54, 1.807) is 13.3 Å². The van der Waals surface area contributed by atoms with Gasteiger partial charge in [-0.3, -0.25) is 0 Å². The summed E-state index contributed by atoms with van der Waals surface area (Å²) in [6.07, 6.45) is 10.8. The van der Waals surface area contributed by atoms with Gasteiger partial charge in [0.05, 0.1) is 0 Å². The minimum absolute atomic E-state index is 0.0860. The first-order chi connectivity index (χ1) is 10.6. The molecule has 23 heavy (non-hydrogen) atoms. The maximum absolute atomic E-state index is 6.42. The van der Waals surface area contributed by atoms with Gasteiger partial charge < -0.3 is 0 Å². The van der Waals surface area contributed by atoms with Crippen LogP contribution in [0.25, 0.3) is 0 Å². The number of hydrogen-bond acceptors (Lipinski definition) is 1. The summed E-state index contributed by atoms with van der Waals surface area (Å²) in [5, 5.41) is 0. The van der Waals surface area contributed by atoms with Crippen LogP contribution >= 0.6 is 0 Å². The SMILES string of the molecule is CCC[CH2][Sn](/[CH]=C/C(C)(C)O[Si](C)(C)C)([CH2]CCC)[CH2]CCC. The van der Waals surface area contributed by atoms with Gasteiger partial charge >= 0.3 is 153 Å². The topological polar surface area (TPSA) is 9.23 Å². The van der Waals surface area contributed by atoms with E-state index in [4.69, 9.17) is 4.43 Å². The Balaban J connectivity index is 5.23. The molecule has 0 amide bonds. The Bertz CT molecular complexity index is 309. The molecule has 0 N–H and O–H groups in total. The van der Waals surface area contributed by atoms with Crippen LogP contribution in [0.4, 0.5) is 0 Å². The quantitative estimate of drug-likeness (QED) is 0.265. The Labute approximate surface area is 152 Å². The van der Waals surface area contributed by atoms with Gasteiger partial charge in [-0.1, -0.05) is 0 Å². The average Bonchev–Trinajstić information content (AvgIpc) is 2.43. The summed E-state index contributed by atoms with van der Waals surface area (Å²) in [7, 11) is -1.49. The molecule has 138 valence electrons. The summed E-state index contributed by atoms with van der Waals surface area (Å²) in [5.41, 5.74) is -0.0860. The second-order valence-electron chi connectivity index (χ2n) is 8.82. The standard InChI is InChI=1S/C8H17OSi.3C4H9.Sn/c1-7-8(2,3)9-10(4,5)6;3*1-3-4-2;/h1,7H,2-6H3;3*1,3-4H2,2H3;. The second kappa shape index (κ2) is 11.4. The zero-order chi connectivity index (χ0) is 18.0. The van der Waals surface area contributed by atoms with Crippen LogP contribution in [0.1, 0.15) is 73.1 Å². The summed E-state index contributed by atoms with van der Waals surface area (Å²) < 4.78 is 13.8. The molecule has 0 aromatic carbocycles. The minimum atomic E-state index is -2.15. The molecule has 0 saturated heterocycles. The second-order valence-corrected chi connectivity index (χ2v) is 26.3. The number of unbranched alkanes of at least 4 members (excludes halogenated alkanes) is 3. The van der Waals surface area contributed by atoms with Crippen molar-refractivity contribution in [2.45, 2.75) is 112 Å². The fourth-order valence-corrected chi connectivity index (χ4v) is 19.8. The third-order valence-electron chi connectivity index (χ3n) is 4.49. The van der Waals surface area contributed by atoms with E-state index >= 15 is 0 Å². The van der Waals surface area contributed by atoms with Crippen molar-refractivity contribution in [1.29, 1.82) is 0 Å². The molecule has 0 aromatic rings. The van der Waals surface area contributed by atoms with Gasteiger partial charge in [-0.15, -0.1) is 0 Å². The van der Waals surface area contributed by atoms with Crippen molar-refractivity contribution in [2.24, 2.45) is 0 Å². The summed E-state index contributed by atoms with van der Waals surface area (Å²) >= 11 is -2.15. The van der Waals surface area contributed by atoms with Crippen LogP contribution in [0.3, 0.4) is 0 Å². The van der Waals surface area contributed by atoms with E-state index in [2.05, 4.69) is 64.4 Å². The van der Waals surface area contributed by atoms with Crippen molar-refractivity contribution in [3.63, 3.8) is 0 Å². The van der Waals surface area contributed by atoms with E-state index in [0.717, 1.165) is 0 Å². The van der Waals surface area contributed by atoms with E-state index in [1.807, 2.05) is 0 Å². The van der Waals surface area contributed by atoms with Gasteiger partial charge in [0.1, 0.15) is 0 Å². The van der Waals surface area contributed by atoms with Crippen LogP contribution < -0.4 is 0 Å². The Kier molecular flexibility index (Phi) is 11.7. The molecular formula is C20H44OSiSn. The van der Waals surface area contributed by atoms with Crippen molar-refractivity contribution in [3.8, 4) is 0 Å². The summed E-state index contributed by atoms with van der Waals surface area (Å²) in [6, 6.07) is 0. The molecule has 1 nitrogen and oxygen atoms in total. The molecule has 0 bridgehead atoms. The van der Waals surface area contributed by atoms with Crippen LogP contribution in [0, 0.1) is 0 Å². The molecule has 0 unspecified atom stereocenters. The van der Waals surface area contributed by atoms with E-state index in [1.165, 1.54) is 38.5 Å². The monoisotopic (exact) mass is 448 g/mol. The van der Waals surface area contributed by atoms with Gasteiger partial charge in [0.15, 0.2) is 0 Å². The van der Waals surface area contributed by atoms with Crippen LogP contribution in [0.15, 0.2) is 10.2 Å². The fourth-order valence-electron chi connectivity index (χ4n) is 3.41. The molecule has 0 rings (SSSR count). The average molecular weight is 447 g/mol. The van der Waals surface area contributed by atoms with Crippen molar-refractivity contribution in [1.82, 2.24) is 0 Å². The van der Waals surface area contributed by atoms with Crippen molar-refractivity contribution < 1.29 is 4.43 Å². The summed E-state index contributed by atoms with van der Waals surface area (Å²) in [4.78, 5) is 0. The van der Waals surface area contributed by atoms with Gasteiger partial charge in [0, 0.05) is 0 Å². The zero-order valence-electron chi connectivity index (χ0n) is 17.4. The predicted octanol–water partition coefficient (Wildman–Crippen LogP) is 7.56. The molecule has 0 spiro atoms. The molecule has 0 radical (unpaired) electrons. The molecule has 0 fully saturated rings. The van der Waals surface area contributed by atoms with Crippen LogP contribution in [0.5, 0.6) is 0 Å². The van der Waals surface area contributed by atoms with Crippen LogP contribution in [0.2, 0.25) is 33.0 Å². The molecule has 0 aromatic heterocycles. The zero-order valence-corrected chi connectivity index (χ0v) is 21.3. The molecule has 0 atom stereocenters. The normalized spacial score (nSPS) is 13.9. The van der Waals surface area contributed by atoms with Gasteiger partial charge in [-0.05, 0) is 0 Å². The fraction of sp³-hybridized carbons (Fsp3) is 0.900. The summed E-state index contributed by atoms with van der Waals surface area (Å²) in [6.45, 7) is 18.4. The molecule has 3 heteroatoms. The first-order valence-electron chi connectivity index (χ1n) is 10.0. The molecule has 0 heterocycles. The first-order valence-corrected chi connectivity index (χ1v) is 21.1. The van der Waals surface area contributed by atoms with E-state index in [-0.39, 0.29) is 5.60 Å². The molecule has 0 aliphatic carbocycles. The number of hydrogen-bond donors (Lipinski definition) is 0. The Morgan fingerprint density at radius 3 is 1.52 bits per heavy atom. The Morgan fingerprint density at radius 1 is 0.826 bits per heavy atom. The molecular weight excluding hydrogens is 403 g/mol. The van der Waals surface area contributed by atoms with Crippen molar-refractivity contribution in [3.05, 3.63) is 10.2 Å². The molecule has 0 aliphatic heterocycles. The van der Waals surface area contributed by atoms with Crippen LogP contribution in [-0.4, -0.2) is 32.3 Å². The van der Waals surface area contributed by atoms with E-state index < -0.39 is 26.7 Å². The first kappa shape index (κ1) is 23.7. The Hall–Kier alpha value is 0.716. The van der Waals surface area contributed by atoms with Gasteiger partial charge in [0.25, 0.3) is 0 Å². The molecule has 0 saturated carbocycles. The van der Waals surface area contributed by atoms with Gasteiger partial charge in [-0.25, -0.2) is 0 Å². The number of rotatable bonds is 13. The van der Waals surface area contributed by atoms with E-state index in [0.29, 0.717) is 0 Å². The van der Waals surface area contributed by atoms with Crippen LogP contribution in [-0.2, 0) is 4.43 Å². The van der Waals surface area contributed by atoms with Crippen molar-refractivity contribution >= 4 is 26.7 Å². The third kappa shape index (κ3) is 11.8. The van der Waals surface area contributed by atoms with Gasteiger partial charge in [-0.2, -0.15) is 0 Å². The van der Waals surface area contributed by atoms with E-state index in [9.17, 15) is 0 Å². The van der Waals surface area contributed by atoms with Gasteiger partial charge in [0.2, 0.25) is 0 Å². The Morgan fingerprint density at radius 2 is 1.22 bits per heavy atom. The third-order valence-corrected chi connectivity index (χ3v) is 19.7. The van der Waals surface area contributed by atoms with Crippen molar-refractivity contribution in [2.75, 3.05) is 0 Å². The maximum atomic E-state index is 6.42. The molecule has 0 aliphatic rings. The summed E-state index contributed by atoms with van der Waals surface area (Å²) in [5.74, 6) is 0. The predicted molar refractivity (Wildman–Crippen MR) is 113 cm³/mol.